The van der Waals surface area contributed by atoms with Crippen molar-refractivity contribution in [1.29, 1.82) is 0 Å². The predicted molar refractivity (Wildman–Crippen MR) is 102 cm³/mol. The maximum atomic E-state index is 12.9. The standard InChI is InChI=1S/C22H23N3O/c26-22(15-24-11-9-16-5-1-2-6-17(16)13-24)25-12-10-21-19(14-25)18-7-3-4-8-20(18)23-21/h1-8,23H,9-15H2/p+1. The number of rotatable bonds is 2. The minimum Gasteiger partial charge on any atom is -0.358 e. The van der Waals surface area contributed by atoms with Gasteiger partial charge in [0.25, 0.3) is 5.91 Å². The number of aromatic nitrogens is 1. The van der Waals surface area contributed by atoms with Crippen molar-refractivity contribution in [3.63, 3.8) is 0 Å². The van der Waals surface area contributed by atoms with Crippen LogP contribution >= 0.6 is 0 Å². The average Bonchev–Trinajstić information content (AvgIpc) is 3.06. The lowest BCUT2D eigenvalue weighted by atomic mass is 10.00. The summed E-state index contributed by atoms with van der Waals surface area (Å²) in [7, 11) is 0. The third-order valence-electron chi connectivity index (χ3n) is 5.94. The molecule has 0 saturated heterocycles. The van der Waals surface area contributed by atoms with Gasteiger partial charge in [-0.15, -0.1) is 0 Å². The summed E-state index contributed by atoms with van der Waals surface area (Å²) < 4.78 is 0. The van der Waals surface area contributed by atoms with Crippen LogP contribution in [0.5, 0.6) is 0 Å². The number of benzene rings is 2. The molecule has 1 unspecified atom stereocenters. The molecule has 2 N–H and O–H groups in total. The van der Waals surface area contributed by atoms with Crippen LogP contribution in [0.4, 0.5) is 0 Å². The third-order valence-corrected chi connectivity index (χ3v) is 5.94. The number of fused-ring (bicyclic) bond motifs is 4. The number of hydrogen-bond donors (Lipinski definition) is 2. The van der Waals surface area contributed by atoms with Crippen LogP contribution in [-0.2, 0) is 30.7 Å². The normalized spacial score (nSPS) is 19.2. The van der Waals surface area contributed by atoms with Gasteiger partial charge in [0.05, 0.1) is 6.54 Å². The summed E-state index contributed by atoms with van der Waals surface area (Å²) in [6.45, 7) is 4.18. The average molecular weight is 346 g/mol. The van der Waals surface area contributed by atoms with Gasteiger partial charge in [-0.3, -0.25) is 4.79 Å². The van der Waals surface area contributed by atoms with Crippen molar-refractivity contribution in [2.45, 2.75) is 25.9 Å². The van der Waals surface area contributed by atoms with Crippen LogP contribution in [0.2, 0.25) is 0 Å². The molecular weight excluding hydrogens is 322 g/mol. The Balaban J connectivity index is 1.30. The molecule has 0 aliphatic carbocycles. The van der Waals surface area contributed by atoms with E-state index < -0.39 is 0 Å². The maximum Gasteiger partial charge on any atom is 0.278 e. The molecule has 2 aliphatic rings. The number of quaternary nitrogens is 1. The molecule has 3 heterocycles. The van der Waals surface area contributed by atoms with E-state index in [-0.39, 0.29) is 5.91 Å². The zero-order valence-corrected chi connectivity index (χ0v) is 14.9. The Morgan fingerprint density at radius 1 is 1.04 bits per heavy atom. The van der Waals surface area contributed by atoms with E-state index in [1.807, 2.05) is 0 Å². The molecule has 1 aromatic heterocycles. The maximum absolute atomic E-state index is 12.9. The van der Waals surface area contributed by atoms with E-state index in [0.29, 0.717) is 6.54 Å². The van der Waals surface area contributed by atoms with E-state index >= 15 is 0 Å². The summed E-state index contributed by atoms with van der Waals surface area (Å²) >= 11 is 0. The molecule has 0 saturated carbocycles. The van der Waals surface area contributed by atoms with Crippen LogP contribution in [0.15, 0.2) is 48.5 Å². The molecule has 0 radical (unpaired) electrons. The fourth-order valence-corrected chi connectivity index (χ4v) is 4.50. The highest BCUT2D eigenvalue weighted by Crippen LogP contribution is 2.27. The van der Waals surface area contributed by atoms with Gasteiger partial charge in [-0.2, -0.15) is 0 Å². The Kier molecular flexibility index (Phi) is 3.79. The van der Waals surface area contributed by atoms with Gasteiger partial charge < -0.3 is 14.8 Å². The van der Waals surface area contributed by atoms with Crippen molar-refractivity contribution in [1.82, 2.24) is 9.88 Å². The zero-order valence-electron chi connectivity index (χ0n) is 14.9. The Morgan fingerprint density at radius 3 is 2.77 bits per heavy atom. The number of para-hydroxylation sites is 1. The second-order valence-electron chi connectivity index (χ2n) is 7.57. The van der Waals surface area contributed by atoms with Crippen molar-refractivity contribution >= 4 is 16.8 Å². The second kappa shape index (κ2) is 6.29. The van der Waals surface area contributed by atoms with Crippen LogP contribution in [0.3, 0.4) is 0 Å². The summed E-state index contributed by atoms with van der Waals surface area (Å²) in [4.78, 5) is 19.9. The van der Waals surface area contributed by atoms with Crippen molar-refractivity contribution < 1.29 is 9.69 Å². The summed E-state index contributed by atoms with van der Waals surface area (Å²) in [5, 5.41) is 1.26. The van der Waals surface area contributed by atoms with E-state index in [0.717, 1.165) is 39.0 Å². The number of amides is 1. The lowest BCUT2D eigenvalue weighted by Gasteiger charge is -2.30. The lowest BCUT2D eigenvalue weighted by Crippen LogP contribution is -3.12. The first-order chi connectivity index (χ1) is 12.8. The van der Waals surface area contributed by atoms with E-state index in [2.05, 4.69) is 58.4 Å². The minimum absolute atomic E-state index is 0.287. The molecule has 5 rings (SSSR count). The van der Waals surface area contributed by atoms with Crippen LogP contribution in [-0.4, -0.2) is 35.4 Å². The van der Waals surface area contributed by atoms with Crippen molar-refractivity contribution in [2.24, 2.45) is 0 Å². The number of nitrogens with zero attached hydrogens (tertiary/aromatic N) is 1. The van der Waals surface area contributed by atoms with Gasteiger partial charge in [0, 0.05) is 53.7 Å². The highest BCUT2D eigenvalue weighted by atomic mass is 16.2. The molecule has 2 aliphatic heterocycles. The first-order valence-corrected chi connectivity index (χ1v) is 9.54. The topological polar surface area (TPSA) is 40.5 Å². The summed E-state index contributed by atoms with van der Waals surface area (Å²) in [6.07, 6.45) is 2.00. The zero-order chi connectivity index (χ0) is 17.5. The van der Waals surface area contributed by atoms with Gasteiger partial charge in [-0.1, -0.05) is 42.5 Å². The van der Waals surface area contributed by atoms with Crippen molar-refractivity contribution in [3.8, 4) is 0 Å². The number of H-pyrrole nitrogens is 1. The van der Waals surface area contributed by atoms with E-state index in [1.165, 1.54) is 38.2 Å². The molecule has 0 bridgehead atoms. The summed E-state index contributed by atoms with van der Waals surface area (Å²) in [5.41, 5.74) is 6.64. The predicted octanol–water partition coefficient (Wildman–Crippen LogP) is 1.69. The second-order valence-corrected chi connectivity index (χ2v) is 7.57. The molecular formula is C22H24N3O+. The molecule has 26 heavy (non-hydrogen) atoms. The first-order valence-electron chi connectivity index (χ1n) is 9.54. The van der Waals surface area contributed by atoms with Gasteiger partial charge in [0.15, 0.2) is 6.54 Å². The Labute approximate surface area is 153 Å². The summed E-state index contributed by atoms with van der Waals surface area (Å²) in [5.74, 6) is 0.287. The summed E-state index contributed by atoms with van der Waals surface area (Å²) in [6, 6.07) is 17.1. The van der Waals surface area contributed by atoms with Gasteiger partial charge in [-0.05, 0) is 11.6 Å². The molecule has 1 amide bonds. The Bertz CT molecular complexity index is 974. The molecule has 4 heteroatoms. The van der Waals surface area contributed by atoms with Gasteiger partial charge in [0.2, 0.25) is 0 Å². The number of hydrogen-bond acceptors (Lipinski definition) is 1. The van der Waals surface area contributed by atoms with E-state index in [4.69, 9.17) is 0 Å². The molecule has 4 nitrogen and oxygen atoms in total. The fourth-order valence-electron chi connectivity index (χ4n) is 4.50. The van der Waals surface area contributed by atoms with Crippen LogP contribution in [0, 0.1) is 0 Å². The van der Waals surface area contributed by atoms with Gasteiger partial charge >= 0.3 is 0 Å². The Hall–Kier alpha value is -2.59. The molecule has 0 spiro atoms. The Morgan fingerprint density at radius 2 is 1.85 bits per heavy atom. The first kappa shape index (κ1) is 15.6. The van der Waals surface area contributed by atoms with E-state index in [9.17, 15) is 4.79 Å². The lowest BCUT2D eigenvalue weighted by molar-refractivity contribution is -0.908. The highest BCUT2D eigenvalue weighted by molar-refractivity contribution is 5.86. The number of aromatic amines is 1. The molecule has 1 atom stereocenters. The quantitative estimate of drug-likeness (QED) is 0.728. The SMILES string of the molecule is O=C(C[NH+]1CCc2ccccc2C1)N1CCc2[nH]c3ccccc3c2C1. The smallest absolute Gasteiger partial charge is 0.278 e. The van der Waals surface area contributed by atoms with Crippen LogP contribution < -0.4 is 4.90 Å². The van der Waals surface area contributed by atoms with E-state index in [1.54, 1.807) is 0 Å². The molecule has 2 aromatic carbocycles. The highest BCUT2D eigenvalue weighted by Gasteiger charge is 2.28. The molecule has 0 fully saturated rings. The number of carbonyl (C=O) groups excluding carboxylic acids is 1. The fraction of sp³-hybridized carbons (Fsp3) is 0.318. The van der Waals surface area contributed by atoms with Crippen LogP contribution in [0.1, 0.15) is 22.4 Å². The molecule has 132 valence electrons. The minimum atomic E-state index is 0.287. The van der Waals surface area contributed by atoms with Crippen molar-refractivity contribution in [3.05, 3.63) is 70.9 Å². The van der Waals surface area contributed by atoms with Gasteiger partial charge in [0.1, 0.15) is 6.54 Å². The van der Waals surface area contributed by atoms with Gasteiger partial charge in [-0.25, -0.2) is 0 Å². The van der Waals surface area contributed by atoms with Crippen molar-refractivity contribution in [2.75, 3.05) is 19.6 Å². The third kappa shape index (κ3) is 2.71. The number of carbonyl (C=O) groups is 1. The molecule has 3 aromatic rings. The number of nitrogens with one attached hydrogen (secondary N) is 2. The monoisotopic (exact) mass is 346 g/mol. The largest absolute Gasteiger partial charge is 0.358 e. The van der Waals surface area contributed by atoms with Crippen LogP contribution in [0.25, 0.3) is 10.9 Å².